The van der Waals surface area contributed by atoms with E-state index in [2.05, 4.69) is 17.4 Å². The Morgan fingerprint density at radius 1 is 1.89 bits per heavy atom. The molecule has 3 N–H and O–H groups in total. The Morgan fingerprint density at radius 3 is 2.78 bits per heavy atom. The number of nitrogens with two attached hydrogens (primary N) is 1. The van der Waals surface area contributed by atoms with E-state index in [4.69, 9.17) is 0 Å². The summed E-state index contributed by atoms with van der Waals surface area (Å²) in [4.78, 5) is 9.95. The Hall–Kier alpha value is -1.32. The summed E-state index contributed by atoms with van der Waals surface area (Å²) in [6.45, 7) is 5.27. The third-order valence-corrected chi connectivity index (χ3v) is 0.460. The van der Waals surface area contributed by atoms with Gasteiger partial charge >= 0.3 is 6.03 Å². The maximum atomic E-state index is 9.95. The van der Waals surface area contributed by atoms with Crippen molar-refractivity contribution < 1.29 is 4.79 Å². The molecule has 9 heavy (non-hydrogen) atoms. The van der Waals surface area contributed by atoms with Crippen LogP contribution < -0.4 is 11.2 Å². The van der Waals surface area contributed by atoms with E-state index >= 15 is 0 Å². The van der Waals surface area contributed by atoms with Gasteiger partial charge < -0.3 is 5.73 Å². The molecule has 0 rings (SSSR count). The maximum Gasteiger partial charge on any atom is 0.332 e. The largest absolute Gasteiger partial charge is 0.350 e. The molecule has 0 aromatic rings. The highest BCUT2D eigenvalue weighted by atomic mass is 16.2. The summed E-state index contributed by atoms with van der Waals surface area (Å²) < 4.78 is 0. The standard InChI is InChI=1S/C5H9N3O/c1-4(2)3-7-8-5(6)9/h3H,1H2,2H3,(H3,6,8,9). The summed E-state index contributed by atoms with van der Waals surface area (Å²) in [5, 5.41) is 3.42. The van der Waals surface area contributed by atoms with Crippen LogP contribution in [0.3, 0.4) is 0 Å². The lowest BCUT2D eigenvalue weighted by Gasteiger charge is -1.88. The Labute approximate surface area is 53.4 Å². The molecule has 0 unspecified atom stereocenters. The molecule has 0 radical (unpaired) electrons. The molecule has 4 nitrogen and oxygen atoms in total. The average molecular weight is 127 g/mol. The molecule has 0 aliphatic heterocycles. The molecular weight excluding hydrogens is 118 g/mol. The molecule has 0 saturated carbocycles. The van der Waals surface area contributed by atoms with Gasteiger partial charge in [-0.1, -0.05) is 6.58 Å². The zero-order valence-corrected chi connectivity index (χ0v) is 5.22. The minimum absolute atomic E-state index is 0.674. The molecule has 0 atom stereocenters. The predicted octanol–water partition coefficient (Wildman–Crippen LogP) is 0.217. The fourth-order valence-electron chi connectivity index (χ4n) is 0.206. The highest BCUT2D eigenvalue weighted by Gasteiger charge is 1.81. The van der Waals surface area contributed by atoms with Crippen LogP contribution in [-0.4, -0.2) is 12.2 Å². The van der Waals surface area contributed by atoms with E-state index in [1.54, 1.807) is 6.92 Å². The number of primary amides is 1. The number of nitrogens with one attached hydrogen (secondary N) is 1. The number of hydrazone groups is 1. The number of rotatable bonds is 2. The highest BCUT2D eigenvalue weighted by Crippen LogP contribution is 1.75. The maximum absolute atomic E-state index is 9.95. The fourth-order valence-corrected chi connectivity index (χ4v) is 0.206. The first-order chi connectivity index (χ1) is 4.13. The topological polar surface area (TPSA) is 67.5 Å². The summed E-state index contributed by atoms with van der Waals surface area (Å²) in [5.41, 5.74) is 7.46. The molecule has 0 aliphatic carbocycles. The van der Waals surface area contributed by atoms with E-state index in [9.17, 15) is 4.79 Å². The third-order valence-electron chi connectivity index (χ3n) is 0.460. The van der Waals surface area contributed by atoms with Crippen molar-refractivity contribution in [1.82, 2.24) is 5.43 Å². The highest BCUT2D eigenvalue weighted by molar-refractivity contribution is 5.79. The van der Waals surface area contributed by atoms with Gasteiger partial charge in [0.15, 0.2) is 0 Å². The fraction of sp³-hybridized carbons (Fsp3) is 0.200. The molecule has 0 spiro atoms. The molecule has 0 bridgehead atoms. The molecule has 0 aromatic carbocycles. The molecule has 0 fully saturated rings. The van der Waals surface area contributed by atoms with Gasteiger partial charge in [-0.05, 0) is 12.5 Å². The Balaban J connectivity index is 3.48. The molecule has 0 heterocycles. The van der Waals surface area contributed by atoms with Gasteiger partial charge in [0.25, 0.3) is 0 Å². The average Bonchev–Trinajstić information content (AvgIpc) is 1.63. The number of allylic oxidation sites excluding steroid dienone is 1. The zero-order chi connectivity index (χ0) is 7.28. The molecule has 2 amide bonds. The second-order valence-corrected chi connectivity index (χ2v) is 1.58. The van der Waals surface area contributed by atoms with E-state index < -0.39 is 6.03 Å². The van der Waals surface area contributed by atoms with Crippen molar-refractivity contribution in [2.75, 3.05) is 0 Å². The minimum Gasteiger partial charge on any atom is -0.350 e. The van der Waals surface area contributed by atoms with Gasteiger partial charge in [-0.3, -0.25) is 0 Å². The van der Waals surface area contributed by atoms with Crippen LogP contribution in [0.25, 0.3) is 0 Å². The van der Waals surface area contributed by atoms with Crippen LogP contribution in [-0.2, 0) is 0 Å². The smallest absolute Gasteiger partial charge is 0.332 e. The number of urea groups is 1. The van der Waals surface area contributed by atoms with Crippen molar-refractivity contribution in [3.63, 3.8) is 0 Å². The van der Waals surface area contributed by atoms with Crippen molar-refractivity contribution in [2.45, 2.75) is 6.92 Å². The Morgan fingerprint density at radius 2 is 2.44 bits per heavy atom. The lowest BCUT2D eigenvalue weighted by Crippen LogP contribution is -2.24. The number of carbonyl (C=O) groups excluding carboxylic acids is 1. The number of carbonyl (C=O) groups is 1. The van der Waals surface area contributed by atoms with Gasteiger partial charge in [0, 0.05) is 6.21 Å². The normalized spacial score (nSPS) is 9.44. The molecular formula is C5H9N3O. The van der Waals surface area contributed by atoms with Crippen molar-refractivity contribution >= 4 is 12.2 Å². The second kappa shape index (κ2) is 3.65. The van der Waals surface area contributed by atoms with Crippen LogP contribution in [0.2, 0.25) is 0 Å². The zero-order valence-electron chi connectivity index (χ0n) is 5.22. The van der Waals surface area contributed by atoms with Crippen LogP contribution in [0.1, 0.15) is 6.92 Å². The number of nitrogens with zero attached hydrogens (tertiary/aromatic N) is 1. The lowest BCUT2D eigenvalue weighted by molar-refractivity contribution is 0.249. The van der Waals surface area contributed by atoms with Crippen LogP contribution >= 0.6 is 0 Å². The van der Waals surface area contributed by atoms with Crippen molar-refractivity contribution in [3.8, 4) is 0 Å². The van der Waals surface area contributed by atoms with E-state index in [1.165, 1.54) is 6.21 Å². The summed E-state index contributed by atoms with van der Waals surface area (Å²) >= 11 is 0. The van der Waals surface area contributed by atoms with Crippen molar-refractivity contribution in [2.24, 2.45) is 10.8 Å². The minimum atomic E-state index is -0.674. The molecule has 0 saturated heterocycles. The van der Waals surface area contributed by atoms with Crippen molar-refractivity contribution in [3.05, 3.63) is 12.2 Å². The molecule has 50 valence electrons. The van der Waals surface area contributed by atoms with Crippen LogP contribution in [0.15, 0.2) is 17.3 Å². The summed E-state index contributed by atoms with van der Waals surface area (Å²) in [7, 11) is 0. The van der Waals surface area contributed by atoms with Crippen LogP contribution in [0, 0.1) is 0 Å². The Kier molecular flexibility index (Phi) is 3.12. The monoisotopic (exact) mass is 127 g/mol. The van der Waals surface area contributed by atoms with Gasteiger partial charge in [-0.15, -0.1) is 0 Å². The van der Waals surface area contributed by atoms with Crippen LogP contribution in [0.4, 0.5) is 4.79 Å². The van der Waals surface area contributed by atoms with E-state index in [0.29, 0.717) is 0 Å². The number of amides is 2. The van der Waals surface area contributed by atoms with Gasteiger partial charge in [0.05, 0.1) is 0 Å². The number of hydrogen-bond donors (Lipinski definition) is 2. The predicted molar refractivity (Wildman–Crippen MR) is 36.0 cm³/mol. The quantitative estimate of drug-likeness (QED) is 0.404. The number of hydrogen-bond acceptors (Lipinski definition) is 2. The van der Waals surface area contributed by atoms with E-state index in [0.717, 1.165) is 5.57 Å². The summed E-state index contributed by atoms with van der Waals surface area (Å²) in [6.07, 6.45) is 1.41. The molecule has 0 aromatic heterocycles. The summed E-state index contributed by atoms with van der Waals surface area (Å²) in [5.74, 6) is 0. The lowest BCUT2D eigenvalue weighted by atomic mass is 10.4. The van der Waals surface area contributed by atoms with E-state index in [-0.39, 0.29) is 0 Å². The third kappa shape index (κ3) is 6.68. The first-order valence-corrected chi connectivity index (χ1v) is 2.37. The van der Waals surface area contributed by atoms with Gasteiger partial charge in [0.2, 0.25) is 0 Å². The SMILES string of the molecule is C=C(C)C=NNC(N)=O. The van der Waals surface area contributed by atoms with Crippen molar-refractivity contribution in [1.29, 1.82) is 0 Å². The van der Waals surface area contributed by atoms with Gasteiger partial charge in [-0.25, -0.2) is 10.2 Å². The Bertz CT molecular complexity index is 150. The van der Waals surface area contributed by atoms with Gasteiger partial charge in [-0.2, -0.15) is 5.10 Å². The molecule has 4 heteroatoms. The first kappa shape index (κ1) is 7.68. The van der Waals surface area contributed by atoms with E-state index in [1.807, 2.05) is 5.43 Å². The van der Waals surface area contributed by atoms with Crippen LogP contribution in [0.5, 0.6) is 0 Å². The second-order valence-electron chi connectivity index (χ2n) is 1.58. The van der Waals surface area contributed by atoms with Gasteiger partial charge in [0.1, 0.15) is 0 Å². The first-order valence-electron chi connectivity index (χ1n) is 2.37. The summed E-state index contributed by atoms with van der Waals surface area (Å²) in [6, 6.07) is -0.674. The molecule has 0 aliphatic rings.